The van der Waals surface area contributed by atoms with Crippen molar-refractivity contribution in [1.29, 1.82) is 0 Å². The molecule has 0 aliphatic heterocycles. The largest absolute Gasteiger partial charge is 0.321 e. The SMILES string of the molecule is C=CCn1c(/C=C/c2c(Cl)cccc2Cl)nc2ccccc21. The predicted octanol–water partition coefficient (Wildman–Crippen LogP) is 5.70. The van der Waals surface area contributed by atoms with Crippen LogP contribution in [0.5, 0.6) is 0 Å². The molecule has 0 amide bonds. The standard InChI is InChI=1S/C18H14Cl2N2/c1-2-12-22-17-9-4-3-8-16(17)21-18(22)11-10-13-14(19)6-5-7-15(13)20/h2-11H,1,12H2/b11-10+. The summed E-state index contributed by atoms with van der Waals surface area (Å²) in [7, 11) is 0. The van der Waals surface area contributed by atoms with Crippen molar-refractivity contribution < 1.29 is 0 Å². The van der Waals surface area contributed by atoms with E-state index in [1.165, 1.54) is 0 Å². The average Bonchev–Trinajstić information content (AvgIpc) is 2.85. The van der Waals surface area contributed by atoms with E-state index in [4.69, 9.17) is 23.2 Å². The summed E-state index contributed by atoms with van der Waals surface area (Å²) < 4.78 is 2.10. The van der Waals surface area contributed by atoms with Crippen LogP contribution < -0.4 is 0 Å². The van der Waals surface area contributed by atoms with Gasteiger partial charge in [-0.1, -0.05) is 47.5 Å². The summed E-state index contributed by atoms with van der Waals surface area (Å²) >= 11 is 12.4. The van der Waals surface area contributed by atoms with Crippen molar-refractivity contribution in [3.8, 4) is 0 Å². The third-order valence-corrected chi connectivity index (χ3v) is 4.05. The van der Waals surface area contributed by atoms with Gasteiger partial charge >= 0.3 is 0 Å². The molecule has 2 aromatic carbocycles. The number of benzene rings is 2. The van der Waals surface area contributed by atoms with E-state index in [9.17, 15) is 0 Å². The molecule has 0 saturated heterocycles. The van der Waals surface area contributed by atoms with Crippen LogP contribution >= 0.6 is 23.2 Å². The number of para-hydroxylation sites is 2. The van der Waals surface area contributed by atoms with E-state index in [1.54, 1.807) is 0 Å². The molecule has 1 heterocycles. The van der Waals surface area contributed by atoms with Crippen LogP contribution in [0.1, 0.15) is 11.4 Å². The monoisotopic (exact) mass is 328 g/mol. The number of nitrogens with zero attached hydrogens (tertiary/aromatic N) is 2. The second-order valence-corrected chi connectivity index (χ2v) is 5.64. The lowest BCUT2D eigenvalue weighted by molar-refractivity contribution is 0.839. The molecule has 0 bridgehead atoms. The first-order chi connectivity index (χ1) is 10.7. The lowest BCUT2D eigenvalue weighted by Crippen LogP contribution is -1.97. The summed E-state index contributed by atoms with van der Waals surface area (Å²) in [5, 5.41) is 1.24. The van der Waals surface area contributed by atoms with Gasteiger partial charge in [0.05, 0.1) is 11.0 Å². The van der Waals surface area contributed by atoms with Gasteiger partial charge in [0.25, 0.3) is 0 Å². The van der Waals surface area contributed by atoms with E-state index >= 15 is 0 Å². The Labute approximate surface area is 139 Å². The van der Waals surface area contributed by atoms with E-state index in [0.29, 0.717) is 16.6 Å². The normalized spacial score (nSPS) is 11.4. The number of fused-ring (bicyclic) bond motifs is 1. The molecule has 22 heavy (non-hydrogen) atoms. The number of hydrogen-bond donors (Lipinski definition) is 0. The molecule has 0 spiro atoms. The molecule has 0 atom stereocenters. The first-order valence-electron chi connectivity index (χ1n) is 6.89. The predicted molar refractivity (Wildman–Crippen MR) is 95.3 cm³/mol. The quantitative estimate of drug-likeness (QED) is 0.562. The minimum atomic E-state index is 0.620. The average molecular weight is 329 g/mol. The molecule has 110 valence electrons. The van der Waals surface area contributed by atoms with Crippen LogP contribution in [0.3, 0.4) is 0 Å². The molecule has 3 aromatic rings. The molecule has 1 aromatic heterocycles. The molecule has 2 nitrogen and oxygen atoms in total. The van der Waals surface area contributed by atoms with Crippen molar-refractivity contribution in [2.75, 3.05) is 0 Å². The second-order valence-electron chi connectivity index (χ2n) is 4.83. The van der Waals surface area contributed by atoms with Gasteiger partial charge in [-0.3, -0.25) is 0 Å². The summed E-state index contributed by atoms with van der Waals surface area (Å²) in [6.07, 6.45) is 5.68. The number of halogens is 2. The lowest BCUT2D eigenvalue weighted by atomic mass is 10.2. The summed E-state index contributed by atoms with van der Waals surface area (Å²) in [4.78, 5) is 4.65. The van der Waals surface area contributed by atoms with Crippen molar-refractivity contribution in [3.63, 3.8) is 0 Å². The zero-order chi connectivity index (χ0) is 15.5. The minimum absolute atomic E-state index is 0.620. The Morgan fingerprint density at radius 3 is 2.45 bits per heavy atom. The molecule has 0 aliphatic carbocycles. The number of rotatable bonds is 4. The summed E-state index contributed by atoms with van der Waals surface area (Å²) in [6.45, 7) is 4.51. The first-order valence-corrected chi connectivity index (χ1v) is 7.64. The summed E-state index contributed by atoms with van der Waals surface area (Å²) in [5.41, 5.74) is 2.82. The molecule has 0 fully saturated rings. The summed E-state index contributed by atoms with van der Waals surface area (Å²) in [5.74, 6) is 0.845. The van der Waals surface area contributed by atoms with Gasteiger partial charge in [0.2, 0.25) is 0 Å². The number of hydrogen-bond acceptors (Lipinski definition) is 1. The van der Waals surface area contributed by atoms with Crippen LogP contribution in [-0.4, -0.2) is 9.55 Å². The van der Waals surface area contributed by atoms with E-state index in [2.05, 4.69) is 16.1 Å². The van der Waals surface area contributed by atoms with Crippen LogP contribution in [0.2, 0.25) is 10.0 Å². The van der Waals surface area contributed by atoms with Crippen LogP contribution in [0.4, 0.5) is 0 Å². The van der Waals surface area contributed by atoms with Gasteiger partial charge in [-0.2, -0.15) is 0 Å². The van der Waals surface area contributed by atoms with Crippen LogP contribution in [0.15, 0.2) is 55.1 Å². The van der Waals surface area contributed by atoms with Crippen LogP contribution in [0.25, 0.3) is 23.2 Å². The number of allylic oxidation sites excluding steroid dienone is 1. The number of imidazole rings is 1. The van der Waals surface area contributed by atoms with Crippen molar-refractivity contribution >= 4 is 46.4 Å². The highest BCUT2D eigenvalue weighted by Crippen LogP contribution is 2.26. The van der Waals surface area contributed by atoms with E-state index < -0.39 is 0 Å². The highest BCUT2D eigenvalue weighted by atomic mass is 35.5. The Balaban J connectivity index is 2.08. The van der Waals surface area contributed by atoms with E-state index in [0.717, 1.165) is 22.4 Å². The fraction of sp³-hybridized carbons (Fsp3) is 0.0556. The highest BCUT2D eigenvalue weighted by Gasteiger charge is 2.07. The van der Waals surface area contributed by atoms with Gasteiger partial charge in [-0.05, 0) is 36.4 Å². The van der Waals surface area contributed by atoms with Crippen molar-refractivity contribution in [2.45, 2.75) is 6.54 Å². The Morgan fingerprint density at radius 2 is 1.73 bits per heavy atom. The maximum absolute atomic E-state index is 6.20. The molecule has 0 radical (unpaired) electrons. The fourth-order valence-corrected chi connectivity index (χ4v) is 2.89. The smallest absolute Gasteiger partial charge is 0.134 e. The third kappa shape index (κ3) is 2.80. The maximum Gasteiger partial charge on any atom is 0.134 e. The lowest BCUT2D eigenvalue weighted by Gasteiger charge is -2.04. The molecular formula is C18H14Cl2N2. The van der Waals surface area contributed by atoms with Gasteiger partial charge in [-0.15, -0.1) is 6.58 Å². The third-order valence-electron chi connectivity index (χ3n) is 3.39. The van der Waals surface area contributed by atoms with E-state index in [1.807, 2.05) is 60.7 Å². The van der Waals surface area contributed by atoms with Gasteiger partial charge < -0.3 is 4.57 Å². The Morgan fingerprint density at radius 1 is 1.00 bits per heavy atom. The first kappa shape index (κ1) is 14.9. The molecule has 0 saturated carbocycles. The zero-order valence-electron chi connectivity index (χ0n) is 11.8. The Hall–Kier alpha value is -2.03. The highest BCUT2D eigenvalue weighted by molar-refractivity contribution is 6.37. The topological polar surface area (TPSA) is 17.8 Å². The molecule has 3 rings (SSSR count). The summed E-state index contributed by atoms with van der Waals surface area (Å²) in [6, 6.07) is 13.5. The number of aromatic nitrogens is 2. The maximum atomic E-state index is 6.20. The Bertz CT molecular complexity index is 842. The van der Waals surface area contributed by atoms with Crippen molar-refractivity contribution in [2.24, 2.45) is 0 Å². The van der Waals surface area contributed by atoms with E-state index in [-0.39, 0.29) is 0 Å². The van der Waals surface area contributed by atoms with Crippen LogP contribution in [0, 0.1) is 0 Å². The second kappa shape index (κ2) is 6.39. The van der Waals surface area contributed by atoms with Crippen LogP contribution in [-0.2, 0) is 6.54 Å². The Kier molecular flexibility index (Phi) is 4.32. The van der Waals surface area contributed by atoms with Gasteiger partial charge in [0.1, 0.15) is 5.82 Å². The fourth-order valence-electron chi connectivity index (χ4n) is 2.37. The molecular weight excluding hydrogens is 315 g/mol. The molecule has 4 heteroatoms. The van der Waals surface area contributed by atoms with Gasteiger partial charge in [0.15, 0.2) is 0 Å². The van der Waals surface area contributed by atoms with Crippen molar-refractivity contribution in [1.82, 2.24) is 9.55 Å². The van der Waals surface area contributed by atoms with Gasteiger partial charge in [0, 0.05) is 22.2 Å². The van der Waals surface area contributed by atoms with Crippen molar-refractivity contribution in [3.05, 3.63) is 76.6 Å². The molecule has 0 aliphatic rings. The zero-order valence-corrected chi connectivity index (χ0v) is 13.3. The molecule has 0 N–H and O–H groups in total. The molecule has 0 unspecified atom stereocenters. The van der Waals surface area contributed by atoms with Gasteiger partial charge in [-0.25, -0.2) is 4.98 Å². The minimum Gasteiger partial charge on any atom is -0.321 e.